The Labute approximate surface area is 116 Å². The average Bonchev–Trinajstić information content (AvgIpc) is 2.26. The molecule has 4 nitrogen and oxygen atoms in total. The molecule has 1 atom stereocenters. The van der Waals surface area contributed by atoms with Crippen LogP contribution in [0.3, 0.4) is 0 Å². The van der Waals surface area contributed by atoms with E-state index in [9.17, 15) is 8.42 Å². The van der Waals surface area contributed by atoms with E-state index in [0.717, 1.165) is 6.42 Å². The molecule has 0 aliphatic rings. The summed E-state index contributed by atoms with van der Waals surface area (Å²) in [6.45, 7) is 9.62. The predicted octanol–water partition coefficient (Wildman–Crippen LogP) is 2.94. The van der Waals surface area contributed by atoms with Crippen molar-refractivity contribution in [2.75, 3.05) is 0 Å². The van der Waals surface area contributed by atoms with E-state index in [1.54, 1.807) is 24.3 Å². The van der Waals surface area contributed by atoms with Crippen LogP contribution in [0, 0.1) is 0 Å². The minimum Gasteiger partial charge on any atom is -0.488 e. The smallest absolute Gasteiger partial charge is 0.240 e. The molecule has 108 valence electrons. The molecule has 0 radical (unpaired) electrons. The van der Waals surface area contributed by atoms with Crippen molar-refractivity contribution >= 4 is 10.0 Å². The zero-order chi connectivity index (χ0) is 14.7. The zero-order valence-corrected chi connectivity index (χ0v) is 13.0. The highest BCUT2D eigenvalue weighted by Crippen LogP contribution is 2.20. The van der Waals surface area contributed by atoms with Gasteiger partial charge >= 0.3 is 0 Å². The van der Waals surface area contributed by atoms with E-state index in [1.807, 2.05) is 34.6 Å². The fourth-order valence-electron chi connectivity index (χ4n) is 1.46. The van der Waals surface area contributed by atoms with Crippen molar-refractivity contribution in [3.05, 3.63) is 24.3 Å². The van der Waals surface area contributed by atoms with Crippen molar-refractivity contribution in [2.24, 2.45) is 0 Å². The van der Waals surface area contributed by atoms with E-state index in [0.29, 0.717) is 5.75 Å². The number of nitrogens with one attached hydrogen (secondary N) is 1. The minimum atomic E-state index is -3.44. The Hall–Kier alpha value is -1.07. The standard InChI is InChI=1S/C14H23NO3S/c1-6-11(2)15-19(16,17)13-9-7-12(8-10-13)18-14(3,4)5/h7-11,15H,6H2,1-5H3. The van der Waals surface area contributed by atoms with Crippen molar-refractivity contribution < 1.29 is 13.2 Å². The molecule has 0 fully saturated rings. The van der Waals surface area contributed by atoms with E-state index >= 15 is 0 Å². The Morgan fingerprint density at radius 2 is 1.74 bits per heavy atom. The van der Waals surface area contributed by atoms with Crippen LogP contribution in [0.15, 0.2) is 29.2 Å². The lowest BCUT2D eigenvalue weighted by molar-refractivity contribution is 0.131. The highest BCUT2D eigenvalue weighted by atomic mass is 32.2. The van der Waals surface area contributed by atoms with Crippen LogP contribution in [0.5, 0.6) is 5.75 Å². The van der Waals surface area contributed by atoms with Gasteiger partial charge in [0.2, 0.25) is 10.0 Å². The number of sulfonamides is 1. The van der Waals surface area contributed by atoms with Crippen LogP contribution in [-0.2, 0) is 10.0 Å². The Morgan fingerprint density at radius 1 is 1.21 bits per heavy atom. The molecular weight excluding hydrogens is 262 g/mol. The maximum atomic E-state index is 12.0. The molecule has 0 spiro atoms. The van der Waals surface area contributed by atoms with Crippen LogP contribution in [0.4, 0.5) is 0 Å². The second-order valence-electron chi connectivity index (χ2n) is 5.62. The molecule has 1 aromatic rings. The van der Waals surface area contributed by atoms with Crippen molar-refractivity contribution in [3.63, 3.8) is 0 Å². The van der Waals surface area contributed by atoms with Crippen LogP contribution < -0.4 is 9.46 Å². The summed E-state index contributed by atoms with van der Waals surface area (Å²) in [5.74, 6) is 0.662. The third kappa shape index (κ3) is 5.20. The largest absolute Gasteiger partial charge is 0.488 e. The SMILES string of the molecule is CCC(C)NS(=O)(=O)c1ccc(OC(C)(C)C)cc1. The third-order valence-electron chi connectivity index (χ3n) is 2.53. The molecule has 0 saturated heterocycles. The van der Waals surface area contributed by atoms with Crippen molar-refractivity contribution in [1.82, 2.24) is 4.72 Å². The molecule has 5 heteroatoms. The normalized spacial score (nSPS) is 14.2. The summed E-state index contributed by atoms with van der Waals surface area (Å²) in [7, 11) is -3.44. The molecule has 0 aromatic heterocycles. The number of ether oxygens (including phenoxy) is 1. The molecule has 1 rings (SSSR count). The number of benzene rings is 1. The summed E-state index contributed by atoms with van der Waals surface area (Å²) < 4.78 is 32.4. The molecular formula is C14H23NO3S. The summed E-state index contributed by atoms with van der Waals surface area (Å²) in [6, 6.07) is 6.40. The molecule has 0 aliphatic heterocycles. The molecule has 1 N–H and O–H groups in total. The summed E-state index contributed by atoms with van der Waals surface area (Å²) in [6.07, 6.45) is 0.754. The first-order valence-corrected chi connectivity index (χ1v) is 7.94. The van der Waals surface area contributed by atoms with Gasteiger partial charge in [0.25, 0.3) is 0 Å². The Morgan fingerprint density at radius 3 is 2.16 bits per heavy atom. The van der Waals surface area contributed by atoms with E-state index in [-0.39, 0.29) is 16.5 Å². The fourth-order valence-corrected chi connectivity index (χ4v) is 2.78. The summed E-state index contributed by atoms with van der Waals surface area (Å²) >= 11 is 0. The summed E-state index contributed by atoms with van der Waals surface area (Å²) in [5.41, 5.74) is -0.296. The lowest BCUT2D eigenvalue weighted by Crippen LogP contribution is -2.32. The number of rotatable bonds is 5. The van der Waals surface area contributed by atoms with Gasteiger partial charge in [0, 0.05) is 6.04 Å². The topological polar surface area (TPSA) is 55.4 Å². The van der Waals surface area contributed by atoms with Gasteiger partial charge in [-0.3, -0.25) is 0 Å². The highest BCUT2D eigenvalue weighted by Gasteiger charge is 2.17. The molecule has 0 amide bonds. The average molecular weight is 285 g/mol. The lowest BCUT2D eigenvalue weighted by Gasteiger charge is -2.21. The number of hydrogen-bond donors (Lipinski definition) is 1. The monoisotopic (exact) mass is 285 g/mol. The van der Waals surface area contributed by atoms with Gasteiger partial charge < -0.3 is 4.74 Å². The molecule has 0 saturated carbocycles. The van der Waals surface area contributed by atoms with Crippen LogP contribution in [0.2, 0.25) is 0 Å². The van der Waals surface area contributed by atoms with Gasteiger partial charge in [0.05, 0.1) is 4.90 Å². The quantitative estimate of drug-likeness (QED) is 0.905. The van der Waals surface area contributed by atoms with Crippen LogP contribution in [0.25, 0.3) is 0 Å². The van der Waals surface area contributed by atoms with Crippen LogP contribution >= 0.6 is 0 Å². The van der Waals surface area contributed by atoms with Crippen molar-refractivity contribution in [1.29, 1.82) is 0 Å². The molecule has 0 bridgehead atoms. The maximum absolute atomic E-state index is 12.0. The second kappa shape index (κ2) is 5.92. The Kier molecular flexibility index (Phi) is 4.98. The van der Waals surface area contributed by atoms with Gasteiger partial charge in [-0.05, 0) is 58.4 Å². The van der Waals surface area contributed by atoms with Gasteiger partial charge in [-0.1, -0.05) is 6.92 Å². The molecule has 19 heavy (non-hydrogen) atoms. The minimum absolute atomic E-state index is 0.0736. The Bertz CT molecular complexity index is 500. The first kappa shape index (κ1) is 16.0. The summed E-state index contributed by atoms with van der Waals surface area (Å²) in [5, 5.41) is 0. The van der Waals surface area contributed by atoms with Gasteiger partial charge in [-0.15, -0.1) is 0 Å². The van der Waals surface area contributed by atoms with Crippen molar-refractivity contribution in [3.8, 4) is 5.75 Å². The zero-order valence-electron chi connectivity index (χ0n) is 12.2. The van der Waals surface area contributed by atoms with Gasteiger partial charge in [-0.25, -0.2) is 13.1 Å². The van der Waals surface area contributed by atoms with E-state index < -0.39 is 10.0 Å². The maximum Gasteiger partial charge on any atom is 0.240 e. The van der Waals surface area contributed by atoms with E-state index in [2.05, 4.69) is 4.72 Å². The Balaban J connectivity index is 2.87. The molecule has 0 aliphatic carbocycles. The van der Waals surface area contributed by atoms with E-state index in [1.165, 1.54) is 0 Å². The van der Waals surface area contributed by atoms with Gasteiger partial charge in [0.15, 0.2) is 0 Å². The third-order valence-corrected chi connectivity index (χ3v) is 4.13. The van der Waals surface area contributed by atoms with Crippen LogP contribution in [0.1, 0.15) is 41.0 Å². The lowest BCUT2D eigenvalue weighted by atomic mass is 10.2. The first-order valence-electron chi connectivity index (χ1n) is 6.45. The second-order valence-corrected chi connectivity index (χ2v) is 7.33. The molecule has 1 unspecified atom stereocenters. The fraction of sp³-hybridized carbons (Fsp3) is 0.571. The molecule has 1 aromatic carbocycles. The molecule has 0 heterocycles. The van der Waals surface area contributed by atoms with Gasteiger partial charge in [0.1, 0.15) is 11.4 Å². The first-order chi connectivity index (χ1) is 8.64. The summed E-state index contributed by atoms with van der Waals surface area (Å²) in [4.78, 5) is 0.258. The van der Waals surface area contributed by atoms with Crippen molar-refractivity contribution in [2.45, 2.75) is 57.6 Å². The predicted molar refractivity (Wildman–Crippen MR) is 76.9 cm³/mol. The van der Waals surface area contributed by atoms with Crippen LogP contribution in [-0.4, -0.2) is 20.1 Å². The van der Waals surface area contributed by atoms with E-state index in [4.69, 9.17) is 4.74 Å². The van der Waals surface area contributed by atoms with Gasteiger partial charge in [-0.2, -0.15) is 0 Å². The number of hydrogen-bond acceptors (Lipinski definition) is 3. The highest BCUT2D eigenvalue weighted by molar-refractivity contribution is 7.89.